The van der Waals surface area contributed by atoms with Crippen LogP contribution in [0.5, 0.6) is 0 Å². The van der Waals surface area contributed by atoms with Crippen molar-refractivity contribution >= 4 is 28.4 Å². The van der Waals surface area contributed by atoms with Crippen LogP contribution in [0.2, 0.25) is 0 Å². The van der Waals surface area contributed by atoms with E-state index in [1.165, 1.54) is 19.2 Å². The van der Waals surface area contributed by atoms with E-state index in [-0.39, 0.29) is 5.56 Å². The summed E-state index contributed by atoms with van der Waals surface area (Å²) in [7, 11) is 1.43. The first kappa shape index (κ1) is 13.8. The minimum Gasteiger partial charge on any atom is -0.372 e. The number of hydrogen-bond donors (Lipinski definition) is 2. The summed E-state index contributed by atoms with van der Waals surface area (Å²) in [6, 6.07) is 4.14. The SMILES string of the molecule is CNC(=O)c1ccc(NC2(C(=O)Cl)CCC2)cc1F. The first-order valence-corrected chi connectivity index (χ1v) is 6.36. The van der Waals surface area contributed by atoms with Crippen molar-refractivity contribution in [3.8, 4) is 0 Å². The molecule has 102 valence electrons. The normalized spacial score (nSPS) is 16.4. The molecule has 2 N–H and O–H groups in total. The molecule has 19 heavy (non-hydrogen) atoms. The summed E-state index contributed by atoms with van der Waals surface area (Å²) in [6.45, 7) is 0. The second-order valence-corrected chi connectivity index (χ2v) is 4.95. The molecule has 4 nitrogen and oxygen atoms in total. The summed E-state index contributed by atoms with van der Waals surface area (Å²) in [4.78, 5) is 22.8. The summed E-state index contributed by atoms with van der Waals surface area (Å²) in [6.07, 6.45) is 2.17. The zero-order valence-corrected chi connectivity index (χ0v) is 11.2. The van der Waals surface area contributed by atoms with Crippen LogP contribution in [0, 0.1) is 5.82 Å². The van der Waals surface area contributed by atoms with Gasteiger partial charge in [0, 0.05) is 12.7 Å². The molecule has 0 bridgehead atoms. The van der Waals surface area contributed by atoms with Crippen LogP contribution in [-0.2, 0) is 4.79 Å². The van der Waals surface area contributed by atoms with Crippen molar-refractivity contribution in [3.63, 3.8) is 0 Å². The highest BCUT2D eigenvalue weighted by Crippen LogP contribution is 2.37. The third-order valence-electron chi connectivity index (χ3n) is 3.41. The van der Waals surface area contributed by atoms with Gasteiger partial charge in [-0.2, -0.15) is 0 Å². The van der Waals surface area contributed by atoms with Gasteiger partial charge >= 0.3 is 0 Å². The first-order chi connectivity index (χ1) is 8.98. The van der Waals surface area contributed by atoms with E-state index in [0.717, 1.165) is 6.42 Å². The summed E-state index contributed by atoms with van der Waals surface area (Å²) in [5.41, 5.74) is -0.380. The average Bonchev–Trinajstić information content (AvgIpc) is 2.32. The molecule has 1 fully saturated rings. The molecular weight excluding hydrogens is 271 g/mol. The van der Waals surface area contributed by atoms with Gasteiger partial charge in [-0.15, -0.1) is 0 Å². The Labute approximate surface area is 115 Å². The van der Waals surface area contributed by atoms with E-state index in [1.807, 2.05) is 0 Å². The van der Waals surface area contributed by atoms with Crippen LogP contribution in [0.3, 0.4) is 0 Å². The molecule has 0 spiro atoms. The second-order valence-electron chi connectivity index (χ2n) is 4.61. The fraction of sp³-hybridized carbons (Fsp3) is 0.385. The van der Waals surface area contributed by atoms with E-state index in [9.17, 15) is 14.0 Å². The molecule has 1 amide bonds. The molecule has 0 atom stereocenters. The number of anilines is 1. The van der Waals surface area contributed by atoms with Crippen LogP contribution in [-0.4, -0.2) is 23.7 Å². The van der Waals surface area contributed by atoms with Gasteiger partial charge in [-0.1, -0.05) is 0 Å². The highest BCUT2D eigenvalue weighted by Gasteiger charge is 2.43. The van der Waals surface area contributed by atoms with Gasteiger partial charge in [-0.25, -0.2) is 4.39 Å². The molecule has 0 aromatic heterocycles. The maximum Gasteiger partial charge on any atom is 0.253 e. The number of halogens is 2. The number of amides is 1. The molecule has 1 aromatic carbocycles. The molecule has 1 saturated carbocycles. The molecule has 1 aromatic rings. The Bertz CT molecular complexity index is 529. The maximum atomic E-state index is 13.8. The number of carbonyl (C=O) groups is 2. The molecule has 0 unspecified atom stereocenters. The summed E-state index contributed by atoms with van der Waals surface area (Å²) in [5.74, 6) is -1.13. The Balaban J connectivity index is 2.21. The zero-order chi connectivity index (χ0) is 14.0. The molecule has 0 heterocycles. The number of benzene rings is 1. The van der Waals surface area contributed by atoms with Crippen LogP contribution in [0.15, 0.2) is 18.2 Å². The van der Waals surface area contributed by atoms with Crippen molar-refractivity contribution in [2.24, 2.45) is 0 Å². The summed E-state index contributed by atoms with van der Waals surface area (Å²) in [5, 5.41) is 4.86. The lowest BCUT2D eigenvalue weighted by atomic mass is 9.77. The standard InChI is InChI=1S/C13H14ClFN2O2/c1-16-11(18)9-4-3-8(7-10(9)15)17-13(12(14)19)5-2-6-13/h3-4,7,17H,2,5-6H2,1H3,(H,16,18). The van der Waals surface area contributed by atoms with Gasteiger partial charge in [0.2, 0.25) is 5.24 Å². The van der Waals surface area contributed by atoms with Gasteiger partial charge in [0.05, 0.1) is 5.56 Å². The van der Waals surface area contributed by atoms with Gasteiger partial charge in [0.15, 0.2) is 0 Å². The molecule has 0 saturated heterocycles. The third-order valence-corrected chi connectivity index (χ3v) is 3.77. The minimum absolute atomic E-state index is 0.0343. The second kappa shape index (κ2) is 5.17. The van der Waals surface area contributed by atoms with Crippen molar-refractivity contribution in [1.29, 1.82) is 0 Å². The predicted molar refractivity (Wildman–Crippen MR) is 70.9 cm³/mol. The zero-order valence-electron chi connectivity index (χ0n) is 10.4. The van der Waals surface area contributed by atoms with Crippen LogP contribution < -0.4 is 10.6 Å². The van der Waals surface area contributed by atoms with Crippen molar-refractivity contribution in [1.82, 2.24) is 5.32 Å². The van der Waals surface area contributed by atoms with Gasteiger partial charge in [0.25, 0.3) is 5.91 Å². The van der Waals surface area contributed by atoms with Crippen LogP contribution in [0.25, 0.3) is 0 Å². The molecule has 2 rings (SSSR count). The lowest BCUT2D eigenvalue weighted by Crippen LogP contribution is -2.50. The molecule has 1 aliphatic carbocycles. The number of carbonyl (C=O) groups excluding carboxylic acids is 2. The lowest BCUT2D eigenvalue weighted by molar-refractivity contribution is -0.117. The average molecular weight is 285 g/mol. The fourth-order valence-electron chi connectivity index (χ4n) is 2.09. The minimum atomic E-state index is -0.789. The Morgan fingerprint density at radius 3 is 2.47 bits per heavy atom. The van der Waals surface area contributed by atoms with Gasteiger partial charge in [-0.05, 0) is 49.1 Å². The maximum absolute atomic E-state index is 13.8. The highest BCUT2D eigenvalue weighted by atomic mass is 35.5. The Kier molecular flexibility index (Phi) is 3.75. The molecular formula is C13H14ClFN2O2. The first-order valence-electron chi connectivity index (χ1n) is 5.98. The fourth-order valence-corrected chi connectivity index (χ4v) is 2.33. The highest BCUT2D eigenvalue weighted by molar-refractivity contribution is 6.66. The molecule has 6 heteroatoms. The molecule has 1 aliphatic rings. The predicted octanol–water partition coefficient (Wildman–Crippen LogP) is 2.29. The van der Waals surface area contributed by atoms with Crippen LogP contribution in [0.1, 0.15) is 29.6 Å². The summed E-state index contributed by atoms with van der Waals surface area (Å²) < 4.78 is 13.8. The van der Waals surface area contributed by atoms with E-state index in [0.29, 0.717) is 18.5 Å². The molecule has 0 radical (unpaired) electrons. The van der Waals surface area contributed by atoms with E-state index in [4.69, 9.17) is 11.6 Å². The van der Waals surface area contributed by atoms with Crippen molar-refractivity contribution < 1.29 is 14.0 Å². The van der Waals surface area contributed by atoms with Crippen molar-refractivity contribution in [2.75, 3.05) is 12.4 Å². The van der Waals surface area contributed by atoms with Crippen LogP contribution in [0.4, 0.5) is 10.1 Å². The number of rotatable bonds is 4. The van der Waals surface area contributed by atoms with Crippen molar-refractivity contribution in [2.45, 2.75) is 24.8 Å². The van der Waals surface area contributed by atoms with Gasteiger partial charge in [-0.3, -0.25) is 9.59 Å². The summed E-state index contributed by atoms with van der Waals surface area (Å²) >= 11 is 5.57. The van der Waals surface area contributed by atoms with E-state index < -0.39 is 22.5 Å². The van der Waals surface area contributed by atoms with Crippen LogP contribution >= 0.6 is 11.6 Å². The monoisotopic (exact) mass is 284 g/mol. The quantitative estimate of drug-likeness (QED) is 0.834. The third kappa shape index (κ3) is 2.56. The van der Waals surface area contributed by atoms with E-state index in [2.05, 4.69) is 10.6 Å². The van der Waals surface area contributed by atoms with Gasteiger partial charge < -0.3 is 10.6 Å². The topological polar surface area (TPSA) is 58.2 Å². The van der Waals surface area contributed by atoms with Crippen molar-refractivity contribution in [3.05, 3.63) is 29.6 Å². The van der Waals surface area contributed by atoms with E-state index in [1.54, 1.807) is 6.07 Å². The Morgan fingerprint density at radius 2 is 2.05 bits per heavy atom. The molecule has 0 aliphatic heterocycles. The number of hydrogen-bond acceptors (Lipinski definition) is 3. The lowest BCUT2D eigenvalue weighted by Gasteiger charge is -2.39. The largest absolute Gasteiger partial charge is 0.372 e. The van der Waals surface area contributed by atoms with E-state index >= 15 is 0 Å². The smallest absolute Gasteiger partial charge is 0.253 e. The number of nitrogens with one attached hydrogen (secondary N) is 2. The van der Waals surface area contributed by atoms with Gasteiger partial charge in [0.1, 0.15) is 11.4 Å². The Morgan fingerprint density at radius 1 is 1.37 bits per heavy atom. The Hall–Kier alpha value is -1.62.